The number of hydrogen-bond acceptors (Lipinski definition) is 4. The first-order valence-corrected chi connectivity index (χ1v) is 11.0. The van der Waals surface area contributed by atoms with E-state index >= 15 is 4.39 Å². The van der Waals surface area contributed by atoms with E-state index < -0.39 is 41.3 Å². The largest absolute Gasteiger partial charge is 0.311 e. The molecule has 0 unspecified atom stereocenters. The Hall–Kier alpha value is -3.75. The molecule has 9 heteroatoms. The Morgan fingerprint density at radius 2 is 2.00 bits per heavy atom. The lowest BCUT2D eigenvalue weighted by Crippen LogP contribution is -2.22. The van der Waals surface area contributed by atoms with Gasteiger partial charge in [0.2, 0.25) is 5.91 Å². The van der Waals surface area contributed by atoms with Crippen LogP contribution < -0.4 is 10.9 Å². The summed E-state index contributed by atoms with van der Waals surface area (Å²) >= 11 is 0. The van der Waals surface area contributed by atoms with Crippen LogP contribution in [0.1, 0.15) is 39.2 Å². The molecule has 6 nitrogen and oxygen atoms in total. The molecule has 35 heavy (non-hydrogen) atoms. The van der Waals surface area contributed by atoms with Gasteiger partial charge in [-0.15, -0.1) is 0 Å². The Morgan fingerprint density at radius 1 is 1.34 bits per heavy atom. The number of nitrogens with one attached hydrogen (secondary N) is 1. The van der Waals surface area contributed by atoms with E-state index in [2.05, 4.69) is 16.9 Å². The number of pyridine rings is 2. The van der Waals surface area contributed by atoms with Crippen molar-refractivity contribution in [1.82, 2.24) is 9.55 Å². The van der Waals surface area contributed by atoms with Crippen molar-refractivity contribution in [2.45, 2.75) is 39.5 Å². The number of carbonyl (C=O) groups excluding carboxylic acids is 2. The molecule has 2 heterocycles. The Labute approximate surface area is 200 Å². The number of rotatable bonds is 8. The molecule has 0 spiro atoms. The summed E-state index contributed by atoms with van der Waals surface area (Å²) in [5.41, 5.74) is 0.426. The topological polar surface area (TPSA) is 81.1 Å². The van der Waals surface area contributed by atoms with Crippen LogP contribution in [-0.2, 0) is 16.6 Å². The lowest BCUT2D eigenvalue weighted by atomic mass is 9.94. The summed E-state index contributed by atoms with van der Waals surface area (Å²) in [4.78, 5) is 41.5. The van der Waals surface area contributed by atoms with Gasteiger partial charge in [-0.3, -0.25) is 14.4 Å². The minimum Gasteiger partial charge on any atom is -0.311 e. The third-order valence-corrected chi connectivity index (χ3v) is 5.96. The van der Waals surface area contributed by atoms with Crippen LogP contribution in [0.25, 0.3) is 16.5 Å². The van der Waals surface area contributed by atoms with Gasteiger partial charge >= 0.3 is 0 Å². The minimum absolute atomic E-state index is 0.0404. The number of halogens is 3. The smallest absolute Gasteiger partial charge is 0.260 e. The number of fused-ring (bicyclic) bond motifs is 1. The molecule has 3 rings (SSSR count). The first kappa shape index (κ1) is 25.9. The van der Waals surface area contributed by atoms with Gasteiger partial charge in [-0.05, 0) is 37.1 Å². The van der Waals surface area contributed by atoms with Gasteiger partial charge in [-0.25, -0.2) is 18.2 Å². The predicted molar refractivity (Wildman–Crippen MR) is 130 cm³/mol. The normalized spacial score (nSPS) is 18.2. The van der Waals surface area contributed by atoms with E-state index in [-0.39, 0.29) is 28.9 Å². The van der Waals surface area contributed by atoms with Crippen molar-refractivity contribution < 1.29 is 22.8 Å². The van der Waals surface area contributed by atoms with Gasteiger partial charge in [0.1, 0.15) is 17.6 Å². The molecule has 2 aromatic heterocycles. The molecule has 1 atom stereocenters. The maximum atomic E-state index is 15.3. The van der Waals surface area contributed by atoms with Crippen molar-refractivity contribution in [3.05, 3.63) is 76.0 Å². The number of ketones is 1. The zero-order valence-electron chi connectivity index (χ0n) is 19.9. The zero-order valence-corrected chi connectivity index (χ0v) is 19.9. The van der Waals surface area contributed by atoms with Crippen LogP contribution in [0.15, 0.2) is 64.9 Å². The molecule has 0 bridgehead atoms. The second-order valence-electron chi connectivity index (χ2n) is 8.29. The Bertz CT molecular complexity index is 1380. The van der Waals surface area contributed by atoms with Gasteiger partial charge in [0.15, 0.2) is 5.78 Å². The number of carbonyl (C=O) groups is 2. The van der Waals surface area contributed by atoms with E-state index in [4.69, 9.17) is 0 Å². The summed E-state index contributed by atoms with van der Waals surface area (Å²) in [5, 5.41) is 2.87. The van der Waals surface area contributed by atoms with Crippen LogP contribution in [-0.4, -0.2) is 27.2 Å². The van der Waals surface area contributed by atoms with E-state index in [9.17, 15) is 23.2 Å². The molecule has 0 saturated heterocycles. The van der Waals surface area contributed by atoms with Gasteiger partial charge < -0.3 is 9.88 Å². The van der Waals surface area contributed by atoms with E-state index in [1.165, 1.54) is 49.0 Å². The van der Waals surface area contributed by atoms with Gasteiger partial charge in [0, 0.05) is 43.1 Å². The second kappa shape index (κ2) is 9.85. The lowest BCUT2D eigenvalue weighted by molar-refractivity contribution is -0.119. The monoisotopic (exact) mass is 485 g/mol. The van der Waals surface area contributed by atoms with Crippen LogP contribution in [0.3, 0.4) is 0 Å². The van der Waals surface area contributed by atoms with Crippen LogP contribution in [0, 0.1) is 5.92 Å². The highest BCUT2D eigenvalue weighted by atomic mass is 19.3. The van der Waals surface area contributed by atoms with Crippen molar-refractivity contribution in [1.29, 1.82) is 0 Å². The number of aryl methyl sites for hydroxylation is 1. The Kier molecular flexibility index (Phi) is 7.28. The SMILES string of the molecule is C=C/C=C(C(=O)CC)/C(F)=C(C)\C(=C/C)c1cc2cnc(NC(=O)[C@H]3CC3(F)F)cc2n(C)c1=O. The fourth-order valence-electron chi connectivity index (χ4n) is 3.83. The van der Waals surface area contributed by atoms with E-state index in [1.807, 2.05) is 0 Å². The predicted octanol–water partition coefficient (Wildman–Crippen LogP) is 5.27. The number of allylic oxidation sites excluding steroid dienone is 7. The van der Waals surface area contributed by atoms with Crippen LogP contribution in [0.5, 0.6) is 0 Å². The highest BCUT2D eigenvalue weighted by Crippen LogP contribution is 2.49. The van der Waals surface area contributed by atoms with Gasteiger partial charge in [-0.1, -0.05) is 25.7 Å². The molecule has 0 aromatic carbocycles. The van der Waals surface area contributed by atoms with E-state index in [0.717, 1.165) is 0 Å². The van der Waals surface area contributed by atoms with Gasteiger partial charge in [0.05, 0.1) is 11.1 Å². The average Bonchev–Trinajstić information content (AvgIpc) is 3.48. The molecule has 1 amide bonds. The number of nitrogens with zero attached hydrogens (tertiary/aromatic N) is 2. The molecular weight excluding hydrogens is 459 g/mol. The first-order chi connectivity index (χ1) is 16.5. The maximum Gasteiger partial charge on any atom is 0.260 e. The molecule has 1 N–H and O–H groups in total. The van der Waals surface area contributed by atoms with Crippen LogP contribution >= 0.6 is 0 Å². The molecule has 1 aliphatic carbocycles. The summed E-state index contributed by atoms with van der Waals surface area (Å²) in [5.74, 6) is -6.33. The van der Waals surface area contributed by atoms with Gasteiger partial charge in [0.25, 0.3) is 11.5 Å². The molecular formula is C26H26F3N3O3. The summed E-state index contributed by atoms with van der Waals surface area (Å²) in [6.07, 6.45) is 5.20. The number of alkyl halides is 2. The molecule has 1 fully saturated rings. The lowest BCUT2D eigenvalue weighted by Gasteiger charge is -2.14. The highest BCUT2D eigenvalue weighted by molar-refractivity contribution is 6.00. The number of hydrogen-bond donors (Lipinski definition) is 1. The fraction of sp³-hybridized carbons (Fsp3) is 0.308. The highest BCUT2D eigenvalue weighted by Gasteiger charge is 2.61. The molecule has 2 aromatic rings. The fourth-order valence-corrected chi connectivity index (χ4v) is 3.83. The Morgan fingerprint density at radius 3 is 2.54 bits per heavy atom. The third kappa shape index (κ3) is 5.03. The van der Waals surface area contributed by atoms with E-state index in [0.29, 0.717) is 16.5 Å². The zero-order chi connectivity index (χ0) is 26.1. The van der Waals surface area contributed by atoms with Crippen molar-refractivity contribution >= 4 is 34.0 Å². The van der Waals surface area contributed by atoms with Crippen molar-refractivity contribution in [2.75, 3.05) is 5.32 Å². The molecule has 0 aliphatic heterocycles. The molecule has 184 valence electrons. The van der Waals surface area contributed by atoms with Crippen molar-refractivity contribution in [3.8, 4) is 0 Å². The van der Waals surface area contributed by atoms with Crippen LogP contribution in [0.4, 0.5) is 19.0 Å². The maximum absolute atomic E-state index is 15.3. The first-order valence-electron chi connectivity index (χ1n) is 11.0. The summed E-state index contributed by atoms with van der Waals surface area (Å²) in [6.45, 7) is 8.29. The quantitative estimate of drug-likeness (QED) is 0.408. The number of aromatic nitrogens is 2. The molecule has 0 radical (unpaired) electrons. The number of anilines is 1. The van der Waals surface area contributed by atoms with Gasteiger partial charge in [-0.2, -0.15) is 0 Å². The average molecular weight is 486 g/mol. The Balaban J connectivity index is 2.05. The van der Waals surface area contributed by atoms with Crippen LogP contribution in [0.2, 0.25) is 0 Å². The molecule has 1 aliphatic rings. The third-order valence-electron chi connectivity index (χ3n) is 5.96. The number of amides is 1. The van der Waals surface area contributed by atoms with Crippen molar-refractivity contribution in [2.24, 2.45) is 13.0 Å². The number of Topliss-reactive ketones (excluding diaryl/α,β-unsaturated/α-hetero) is 1. The molecule has 1 saturated carbocycles. The second-order valence-corrected chi connectivity index (χ2v) is 8.29. The summed E-state index contributed by atoms with van der Waals surface area (Å²) in [6, 6.07) is 2.96. The summed E-state index contributed by atoms with van der Waals surface area (Å²) in [7, 11) is 1.50. The minimum atomic E-state index is -3.01. The summed E-state index contributed by atoms with van der Waals surface area (Å²) < 4.78 is 43.0. The standard InChI is InChI=1S/C26H26F3N3O3/c1-6-9-17(21(33)8-3)23(27)14(4)16(7-2)18-10-15-13-30-22(11-20(15)32(5)25(18)35)31-24(34)19-12-26(19,28)29/h6-7,9-11,13,19H,1,8,12H2,2-5H3,(H,30,31,34)/b16-7+,17-9+,23-14+/t19-/m1/s1. The van der Waals surface area contributed by atoms with Crippen molar-refractivity contribution in [3.63, 3.8) is 0 Å². The van der Waals surface area contributed by atoms with E-state index in [1.54, 1.807) is 19.9 Å².